The maximum Gasteiger partial charge on any atom is 0.266 e. The highest BCUT2D eigenvalue weighted by atomic mass is 32.1. The SMILES string of the molecule is CCCN(C=O)C1CCN(Cc2ccc(OC(=S)NC3=CCC(C)C=C3)cc2)CC1. The smallest absolute Gasteiger partial charge is 0.266 e. The lowest BCUT2D eigenvalue weighted by atomic mass is 10.0. The van der Waals surface area contributed by atoms with E-state index in [9.17, 15) is 4.79 Å². The molecule has 0 spiro atoms. The minimum Gasteiger partial charge on any atom is -0.432 e. The van der Waals surface area contributed by atoms with Crippen molar-refractivity contribution in [2.24, 2.45) is 5.92 Å². The van der Waals surface area contributed by atoms with Crippen LogP contribution < -0.4 is 10.1 Å². The number of amides is 1. The summed E-state index contributed by atoms with van der Waals surface area (Å²) in [6.45, 7) is 8.12. The Hall–Kier alpha value is -2.18. The number of piperidine rings is 1. The van der Waals surface area contributed by atoms with Crippen molar-refractivity contribution >= 4 is 23.8 Å². The van der Waals surface area contributed by atoms with Crippen molar-refractivity contribution in [1.82, 2.24) is 15.1 Å². The zero-order chi connectivity index (χ0) is 21.3. The highest BCUT2D eigenvalue weighted by Gasteiger charge is 2.23. The number of likely N-dealkylation sites (tertiary alicyclic amines) is 1. The zero-order valence-electron chi connectivity index (χ0n) is 18.0. The van der Waals surface area contributed by atoms with Gasteiger partial charge in [0, 0.05) is 37.9 Å². The fraction of sp³-hybridized carbons (Fsp3) is 0.500. The molecule has 30 heavy (non-hydrogen) atoms. The first-order valence-corrected chi connectivity index (χ1v) is 11.4. The second-order valence-electron chi connectivity index (χ2n) is 8.24. The minimum atomic E-state index is 0.363. The lowest BCUT2D eigenvalue weighted by molar-refractivity contribution is -0.121. The molecule has 1 unspecified atom stereocenters. The van der Waals surface area contributed by atoms with E-state index in [1.807, 2.05) is 23.1 Å². The van der Waals surface area contributed by atoms with E-state index in [2.05, 4.69) is 48.3 Å². The van der Waals surface area contributed by atoms with Crippen molar-refractivity contribution in [3.63, 3.8) is 0 Å². The molecule has 162 valence electrons. The Bertz CT molecular complexity index is 767. The van der Waals surface area contributed by atoms with Crippen LogP contribution in [0.4, 0.5) is 0 Å². The van der Waals surface area contributed by atoms with Crippen LogP contribution in [0, 0.1) is 5.92 Å². The molecule has 1 N–H and O–H groups in total. The zero-order valence-corrected chi connectivity index (χ0v) is 18.9. The number of carbonyl (C=O) groups excluding carboxylic acids is 1. The van der Waals surface area contributed by atoms with Gasteiger partial charge in [-0.25, -0.2) is 0 Å². The number of rotatable bonds is 8. The van der Waals surface area contributed by atoms with Gasteiger partial charge in [0.05, 0.1) is 0 Å². The van der Waals surface area contributed by atoms with Crippen LogP contribution in [-0.2, 0) is 11.3 Å². The van der Waals surface area contributed by atoms with E-state index < -0.39 is 0 Å². The number of carbonyl (C=O) groups is 1. The molecular weight excluding hydrogens is 394 g/mol. The predicted octanol–water partition coefficient (Wildman–Crippen LogP) is 4.25. The molecule has 1 fully saturated rings. The van der Waals surface area contributed by atoms with Gasteiger partial charge in [-0.05, 0) is 67.6 Å². The molecule has 1 saturated heterocycles. The average molecular weight is 428 g/mol. The predicted molar refractivity (Wildman–Crippen MR) is 125 cm³/mol. The molecule has 0 bridgehead atoms. The molecule has 1 aromatic carbocycles. The first-order valence-electron chi connectivity index (χ1n) is 11.0. The molecule has 1 atom stereocenters. The standard InChI is InChI=1S/C24H33N3O2S/c1-3-14-27(18-28)22-12-15-26(16-13-22)17-20-6-10-23(11-7-20)29-24(30)25-21-8-4-19(2)5-9-21/h4,6-11,18-19,22H,3,5,12-17H2,1-2H3,(H,25,30). The Balaban J connectivity index is 1.43. The lowest BCUT2D eigenvalue weighted by Crippen LogP contribution is -2.44. The third-order valence-electron chi connectivity index (χ3n) is 5.74. The van der Waals surface area contributed by atoms with Gasteiger partial charge in [0.1, 0.15) is 5.75 Å². The summed E-state index contributed by atoms with van der Waals surface area (Å²) in [5, 5.41) is 3.50. The van der Waals surface area contributed by atoms with Gasteiger partial charge in [0.25, 0.3) is 5.17 Å². The van der Waals surface area contributed by atoms with Crippen molar-refractivity contribution in [1.29, 1.82) is 0 Å². The minimum absolute atomic E-state index is 0.363. The van der Waals surface area contributed by atoms with Crippen LogP contribution in [0.15, 0.2) is 48.2 Å². The number of nitrogens with zero attached hydrogens (tertiary/aromatic N) is 2. The van der Waals surface area contributed by atoms with Crippen LogP contribution in [0.5, 0.6) is 5.75 Å². The van der Waals surface area contributed by atoms with E-state index in [0.29, 0.717) is 17.1 Å². The molecule has 6 heteroatoms. The van der Waals surface area contributed by atoms with Crippen molar-refractivity contribution < 1.29 is 9.53 Å². The molecule has 2 aliphatic rings. The van der Waals surface area contributed by atoms with Crippen molar-refractivity contribution in [3.8, 4) is 5.75 Å². The molecule has 0 radical (unpaired) electrons. The average Bonchev–Trinajstić information content (AvgIpc) is 2.76. The van der Waals surface area contributed by atoms with Gasteiger partial charge in [-0.1, -0.05) is 38.1 Å². The van der Waals surface area contributed by atoms with E-state index in [0.717, 1.165) is 69.7 Å². The van der Waals surface area contributed by atoms with Gasteiger partial charge >= 0.3 is 0 Å². The maximum absolute atomic E-state index is 11.3. The number of hydrogen-bond acceptors (Lipinski definition) is 4. The van der Waals surface area contributed by atoms with E-state index in [-0.39, 0.29) is 0 Å². The molecule has 1 aliphatic heterocycles. The van der Waals surface area contributed by atoms with Gasteiger partial charge in [-0.15, -0.1) is 0 Å². The summed E-state index contributed by atoms with van der Waals surface area (Å²) in [4.78, 5) is 15.7. The summed E-state index contributed by atoms with van der Waals surface area (Å²) < 4.78 is 5.76. The number of thiocarbonyl (C=S) groups is 1. The van der Waals surface area contributed by atoms with E-state index in [1.165, 1.54) is 5.56 Å². The Morgan fingerprint density at radius 2 is 2.03 bits per heavy atom. The number of benzene rings is 1. The third-order valence-corrected chi connectivity index (χ3v) is 5.93. The summed E-state index contributed by atoms with van der Waals surface area (Å²) in [6, 6.07) is 8.53. The molecule has 0 aromatic heterocycles. The molecule has 0 saturated carbocycles. The van der Waals surface area contributed by atoms with Gasteiger partial charge in [0.2, 0.25) is 6.41 Å². The fourth-order valence-electron chi connectivity index (χ4n) is 3.98. The van der Waals surface area contributed by atoms with Crippen LogP contribution >= 0.6 is 12.2 Å². The summed E-state index contributed by atoms with van der Waals surface area (Å²) >= 11 is 5.33. The fourth-order valence-corrected chi connectivity index (χ4v) is 4.19. The largest absolute Gasteiger partial charge is 0.432 e. The third kappa shape index (κ3) is 6.67. The number of ether oxygens (including phenoxy) is 1. The Kier molecular flexibility index (Phi) is 8.46. The van der Waals surface area contributed by atoms with Crippen molar-refractivity contribution in [2.45, 2.75) is 52.1 Å². The van der Waals surface area contributed by atoms with Crippen LogP contribution in [0.2, 0.25) is 0 Å². The Morgan fingerprint density at radius 3 is 2.63 bits per heavy atom. The monoisotopic (exact) mass is 427 g/mol. The number of allylic oxidation sites excluding steroid dienone is 3. The van der Waals surface area contributed by atoms with Gasteiger partial charge in [0.15, 0.2) is 0 Å². The summed E-state index contributed by atoms with van der Waals surface area (Å²) in [5.41, 5.74) is 2.25. The normalized spacial score (nSPS) is 19.8. The topological polar surface area (TPSA) is 44.8 Å². The van der Waals surface area contributed by atoms with Crippen LogP contribution in [-0.4, -0.2) is 47.1 Å². The number of hydrogen-bond donors (Lipinski definition) is 1. The highest BCUT2D eigenvalue weighted by molar-refractivity contribution is 7.80. The van der Waals surface area contributed by atoms with Gasteiger partial charge in [-0.3, -0.25) is 9.69 Å². The second kappa shape index (κ2) is 11.3. The molecule has 3 rings (SSSR count). The molecule has 1 amide bonds. The first-order chi connectivity index (χ1) is 14.6. The maximum atomic E-state index is 11.3. The molecule has 1 aromatic rings. The number of nitrogens with one attached hydrogen (secondary N) is 1. The highest BCUT2D eigenvalue weighted by Crippen LogP contribution is 2.20. The Morgan fingerprint density at radius 1 is 1.30 bits per heavy atom. The summed E-state index contributed by atoms with van der Waals surface area (Å²) in [7, 11) is 0. The van der Waals surface area contributed by atoms with Crippen molar-refractivity contribution in [3.05, 3.63) is 53.8 Å². The van der Waals surface area contributed by atoms with Crippen molar-refractivity contribution in [2.75, 3.05) is 19.6 Å². The van der Waals surface area contributed by atoms with Crippen LogP contribution in [0.25, 0.3) is 0 Å². The Labute approximate surface area is 185 Å². The lowest BCUT2D eigenvalue weighted by Gasteiger charge is -2.36. The molecule has 5 nitrogen and oxygen atoms in total. The van der Waals surface area contributed by atoms with Crippen LogP contribution in [0.3, 0.4) is 0 Å². The van der Waals surface area contributed by atoms with Crippen LogP contribution in [0.1, 0.15) is 45.1 Å². The van der Waals surface area contributed by atoms with E-state index >= 15 is 0 Å². The summed E-state index contributed by atoms with van der Waals surface area (Å²) in [6.07, 6.45) is 11.5. The van der Waals surface area contributed by atoms with Gasteiger partial charge < -0.3 is 15.0 Å². The molecule has 1 heterocycles. The first kappa shape index (κ1) is 22.5. The summed E-state index contributed by atoms with van der Waals surface area (Å²) in [5.74, 6) is 1.31. The molecule has 1 aliphatic carbocycles. The van der Waals surface area contributed by atoms with E-state index in [1.54, 1.807) is 0 Å². The second-order valence-corrected chi connectivity index (χ2v) is 8.61. The van der Waals surface area contributed by atoms with E-state index in [4.69, 9.17) is 17.0 Å². The molecular formula is C24H33N3O2S. The quantitative estimate of drug-likeness (QED) is 0.496. The van der Waals surface area contributed by atoms with Gasteiger partial charge in [-0.2, -0.15) is 0 Å².